The summed E-state index contributed by atoms with van der Waals surface area (Å²) in [5.74, 6) is -6.87. The zero-order valence-electron chi connectivity index (χ0n) is 24.5. The molecule has 46 heavy (non-hydrogen) atoms. The molecule has 1 aliphatic heterocycles. The molecular formula is C34H30F6N2O4. The highest BCUT2D eigenvalue weighted by molar-refractivity contribution is 5.82. The first-order chi connectivity index (χ1) is 22.1. The number of nitrogens with zero attached hydrogens (tertiary/aromatic N) is 1. The minimum Gasteiger partial charge on any atom is -0.273 e. The van der Waals surface area contributed by atoms with E-state index in [9.17, 15) is 35.9 Å². The summed E-state index contributed by atoms with van der Waals surface area (Å²) in [4.78, 5) is 33.7. The van der Waals surface area contributed by atoms with Crippen LogP contribution in [0.2, 0.25) is 0 Å². The second kappa shape index (κ2) is 16.6. The zero-order valence-corrected chi connectivity index (χ0v) is 24.5. The molecule has 1 heterocycles. The third kappa shape index (κ3) is 9.91. The molecule has 0 unspecified atom stereocenters. The average molecular weight is 645 g/mol. The Morgan fingerprint density at radius 3 is 1.83 bits per heavy atom. The molecule has 242 valence electrons. The second-order valence-corrected chi connectivity index (χ2v) is 10.4. The predicted octanol–water partition coefficient (Wildman–Crippen LogP) is 7.05. The summed E-state index contributed by atoms with van der Waals surface area (Å²) in [6.07, 6.45) is 0.779. The SMILES string of the molecule is O=C(CCCc1cc(F)c(F)cc1F)NOCc1ccccc1.O=C1C[C@@H](Cc2cc(F)c(F)cc2F)N1OCc1ccccc1. The van der Waals surface area contributed by atoms with Gasteiger partial charge in [-0.05, 0) is 53.6 Å². The van der Waals surface area contributed by atoms with Gasteiger partial charge in [-0.1, -0.05) is 60.7 Å². The molecule has 1 fully saturated rings. The first-order valence-electron chi connectivity index (χ1n) is 14.3. The summed E-state index contributed by atoms with van der Waals surface area (Å²) in [6.45, 7) is 0.452. The zero-order chi connectivity index (χ0) is 33.1. The first kappa shape index (κ1) is 34.2. The van der Waals surface area contributed by atoms with Gasteiger partial charge in [-0.2, -0.15) is 0 Å². The number of aryl methyl sites for hydroxylation is 1. The summed E-state index contributed by atoms with van der Waals surface area (Å²) >= 11 is 0. The molecule has 2 amide bonds. The Bertz CT molecular complexity index is 1620. The molecule has 1 atom stereocenters. The van der Waals surface area contributed by atoms with E-state index in [2.05, 4.69) is 5.48 Å². The normalized spacial score (nSPS) is 13.9. The number of amides is 2. The molecule has 0 saturated carbocycles. The van der Waals surface area contributed by atoms with Crippen LogP contribution in [0.25, 0.3) is 0 Å². The van der Waals surface area contributed by atoms with Crippen molar-refractivity contribution in [2.24, 2.45) is 0 Å². The maximum Gasteiger partial charge on any atom is 0.248 e. The third-order valence-corrected chi connectivity index (χ3v) is 6.95. The number of rotatable bonds is 12. The highest BCUT2D eigenvalue weighted by atomic mass is 19.2. The van der Waals surface area contributed by atoms with Gasteiger partial charge in [0.25, 0.3) is 0 Å². The highest BCUT2D eigenvalue weighted by Gasteiger charge is 2.38. The van der Waals surface area contributed by atoms with Crippen molar-refractivity contribution in [2.75, 3.05) is 0 Å². The number of halogens is 6. The lowest BCUT2D eigenvalue weighted by Gasteiger charge is -2.39. The molecular weight excluding hydrogens is 614 g/mol. The van der Waals surface area contributed by atoms with E-state index in [-0.39, 0.29) is 67.9 Å². The van der Waals surface area contributed by atoms with Gasteiger partial charge in [0.15, 0.2) is 23.3 Å². The van der Waals surface area contributed by atoms with Crippen LogP contribution in [0.3, 0.4) is 0 Å². The minimum atomic E-state index is -1.23. The minimum absolute atomic E-state index is 0.0229. The van der Waals surface area contributed by atoms with Crippen molar-refractivity contribution in [3.05, 3.63) is 142 Å². The number of hydrogen-bond donors (Lipinski definition) is 1. The molecule has 1 aliphatic rings. The molecule has 4 aromatic carbocycles. The standard InChI is InChI=1S/C17H14F3NO2.C17H16F3NO2/c18-14-9-16(20)15(19)7-12(14)6-13-8-17(22)21(13)23-10-11-4-2-1-3-5-11;18-14-10-16(20)15(19)9-13(14)7-4-8-17(22)21-23-11-12-5-2-1-3-6-12/h1-5,7,9,13H,6,8,10H2;1-3,5-6,9-10H,4,7-8,11H2,(H,21,22)/t13-;/m1./s1. The van der Waals surface area contributed by atoms with Crippen LogP contribution in [0.5, 0.6) is 0 Å². The van der Waals surface area contributed by atoms with Gasteiger partial charge in [0.05, 0.1) is 19.1 Å². The van der Waals surface area contributed by atoms with Gasteiger partial charge in [-0.15, -0.1) is 0 Å². The number of carbonyl (C=O) groups is 2. The highest BCUT2D eigenvalue weighted by Crippen LogP contribution is 2.26. The molecule has 6 nitrogen and oxygen atoms in total. The van der Waals surface area contributed by atoms with Gasteiger partial charge in [-0.25, -0.2) is 36.9 Å². The molecule has 5 rings (SSSR count). The van der Waals surface area contributed by atoms with Gasteiger partial charge < -0.3 is 0 Å². The van der Waals surface area contributed by atoms with Crippen molar-refractivity contribution in [1.29, 1.82) is 0 Å². The molecule has 0 aromatic heterocycles. The lowest BCUT2D eigenvalue weighted by molar-refractivity contribution is -0.232. The fraction of sp³-hybridized carbons (Fsp3) is 0.235. The fourth-order valence-electron chi connectivity index (χ4n) is 4.51. The van der Waals surface area contributed by atoms with Crippen LogP contribution >= 0.6 is 0 Å². The number of hydrogen-bond acceptors (Lipinski definition) is 4. The molecule has 1 saturated heterocycles. The van der Waals surface area contributed by atoms with Gasteiger partial charge in [0.2, 0.25) is 11.8 Å². The van der Waals surface area contributed by atoms with Crippen LogP contribution < -0.4 is 5.48 Å². The lowest BCUT2D eigenvalue weighted by atomic mass is 9.96. The Labute approximate surface area is 261 Å². The summed E-state index contributed by atoms with van der Waals surface area (Å²) in [6, 6.07) is 20.9. The van der Waals surface area contributed by atoms with E-state index >= 15 is 0 Å². The van der Waals surface area contributed by atoms with E-state index in [4.69, 9.17) is 9.68 Å². The van der Waals surface area contributed by atoms with Crippen LogP contribution in [-0.4, -0.2) is 22.9 Å². The molecule has 12 heteroatoms. The number of β-lactam (4-membered cyclic amide) rings is 1. The molecule has 0 spiro atoms. The van der Waals surface area contributed by atoms with E-state index in [1.807, 2.05) is 60.7 Å². The number of nitrogens with one attached hydrogen (secondary N) is 1. The van der Waals surface area contributed by atoms with Crippen LogP contribution in [0.1, 0.15) is 41.5 Å². The lowest BCUT2D eigenvalue weighted by Crippen LogP contribution is -2.53. The Kier molecular flexibility index (Phi) is 12.3. The summed E-state index contributed by atoms with van der Waals surface area (Å²) < 4.78 is 79.1. The van der Waals surface area contributed by atoms with Crippen molar-refractivity contribution >= 4 is 11.8 Å². The summed E-state index contributed by atoms with van der Waals surface area (Å²) in [5.41, 5.74) is 4.16. The van der Waals surface area contributed by atoms with Crippen LogP contribution in [0.4, 0.5) is 26.3 Å². The van der Waals surface area contributed by atoms with Crippen LogP contribution in [0.15, 0.2) is 84.9 Å². The molecule has 1 N–H and O–H groups in total. The molecule has 0 radical (unpaired) electrons. The smallest absolute Gasteiger partial charge is 0.248 e. The number of carbonyl (C=O) groups excluding carboxylic acids is 2. The second-order valence-electron chi connectivity index (χ2n) is 10.4. The predicted molar refractivity (Wildman–Crippen MR) is 155 cm³/mol. The first-order valence-corrected chi connectivity index (χ1v) is 14.3. The molecule has 0 aliphatic carbocycles. The van der Waals surface area contributed by atoms with Crippen molar-refractivity contribution in [3.63, 3.8) is 0 Å². The van der Waals surface area contributed by atoms with Gasteiger partial charge in [0.1, 0.15) is 18.2 Å². The topological polar surface area (TPSA) is 67.9 Å². The largest absolute Gasteiger partial charge is 0.273 e. The Balaban J connectivity index is 0.000000209. The summed E-state index contributed by atoms with van der Waals surface area (Å²) in [7, 11) is 0. The number of benzene rings is 4. The molecule has 0 bridgehead atoms. The molecule has 4 aromatic rings. The van der Waals surface area contributed by atoms with Crippen molar-refractivity contribution < 1.29 is 45.6 Å². The van der Waals surface area contributed by atoms with E-state index in [1.165, 1.54) is 5.06 Å². The average Bonchev–Trinajstić information content (AvgIpc) is 3.03. The van der Waals surface area contributed by atoms with Crippen LogP contribution in [-0.2, 0) is 45.3 Å². The van der Waals surface area contributed by atoms with Crippen molar-refractivity contribution in [2.45, 2.75) is 51.4 Å². The van der Waals surface area contributed by atoms with Gasteiger partial charge in [0, 0.05) is 18.6 Å². The van der Waals surface area contributed by atoms with Crippen molar-refractivity contribution in [3.8, 4) is 0 Å². The maximum atomic E-state index is 13.7. The van der Waals surface area contributed by atoms with Crippen molar-refractivity contribution in [1.82, 2.24) is 10.5 Å². The van der Waals surface area contributed by atoms with Gasteiger partial charge in [-0.3, -0.25) is 19.3 Å². The Hall–Kier alpha value is -4.68. The van der Waals surface area contributed by atoms with E-state index < -0.39 is 34.9 Å². The number of hydroxylamine groups is 3. The monoisotopic (exact) mass is 644 g/mol. The third-order valence-electron chi connectivity index (χ3n) is 6.95. The van der Waals surface area contributed by atoms with E-state index in [1.54, 1.807) is 0 Å². The van der Waals surface area contributed by atoms with E-state index in [0.717, 1.165) is 23.3 Å². The fourth-order valence-corrected chi connectivity index (χ4v) is 4.51. The van der Waals surface area contributed by atoms with E-state index in [0.29, 0.717) is 18.6 Å². The Morgan fingerprint density at radius 2 is 1.24 bits per heavy atom. The maximum absolute atomic E-state index is 13.7. The van der Waals surface area contributed by atoms with Gasteiger partial charge >= 0.3 is 0 Å². The summed E-state index contributed by atoms with van der Waals surface area (Å²) in [5, 5.41) is 1.17. The van der Waals surface area contributed by atoms with Crippen LogP contribution in [0, 0.1) is 34.9 Å². The Morgan fingerprint density at radius 1 is 0.717 bits per heavy atom. The quantitative estimate of drug-likeness (QED) is 0.0777.